The molecule has 1 fully saturated rings. The van der Waals surface area contributed by atoms with E-state index in [1.54, 1.807) is 32.4 Å². The van der Waals surface area contributed by atoms with Crippen LogP contribution < -0.4 is 14.4 Å². The third kappa shape index (κ3) is 3.91. The average molecular weight is 379 g/mol. The zero-order valence-corrected chi connectivity index (χ0v) is 15.8. The van der Waals surface area contributed by atoms with Crippen molar-refractivity contribution in [3.8, 4) is 17.6 Å². The zero-order chi connectivity index (χ0) is 20.1. The van der Waals surface area contributed by atoms with Crippen molar-refractivity contribution in [2.24, 2.45) is 0 Å². The number of methoxy groups -OCH3 is 2. The molecule has 0 radical (unpaired) electrons. The molecule has 0 atom stereocenters. The van der Waals surface area contributed by atoms with Crippen LogP contribution in [0.4, 0.5) is 11.4 Å². The van der Waals surface area contributed by atoms with Crippen LogP contribution in [0.15, 0.2) is 36.4 Å². The van der Waals surface area contributed by atoms with Crippen molar-refractivity contribution in [2.45, 2.75) is 12.8 Å². The monoisotopic (exact) mass is 379 g/mol. The van der Waals surface area contributed by atoms with E-state index in [2.05, 4.69) is 11.0 Å². The number of hydrogen-bond donors (Lipinski definition) is 0. The van der Waals surface area contributed by atoms with Gasteiger partial charge < -0.3 is 14.4 Å². The van der Waals surface area contributed by atoms with Crippen LogP contribution in [0, 0.1) is 21.4 Å². The topological polar surface area (TPSA) is 88.6 Å². The molecule has 28 heavy (non-hydrogen) atoms. The fourth-order valence-electron chi connectivity index (χ4n) is 3.32. The van der Waals surface area contributed by atoms with Gasteiger partial charge in [-0.3, -0.25) is 10.1 Å². The number of benzene rings is 2. The van der Waals surface area contributed by atoms with Crippen LogP contribution in [-0.4, -0.2) is 32.2 Å². The number of nitriles is 1. The molecule has 2 aromatic rings. The minimum absolute atomic E-state index is 0.0183. The van der Waals surface area contributed by atoms with Crippen LogP contribution >= 0.6 is 0 Å². The molecular formula is C21H21N3O4. The van der Waals surface area contributed by atoms with Gasteiger partial charge in [0.25, 0.3) is 5.69 Å². The number of rotatable bonds is 6. The minimum atomic E-state index is -0.468. The highest BCUT2D eigenvalue weighted by atomic mass is 16.6. The van der Waals surface area contributed by atoms with E-state index in [1.165, 1.54) is 12.1 Å². The summed E-state index contributed by atoms with van der Waals surface area (Å²) >= 11 is 0. The molecule has 0 N–H and O–H groups in total. The molecule has 1 aliphatic rings. The quantitative estimate of drug-likeness (QED) is 0.322. The Kier molecular flexibility index (Phi) is 5.80. The van der Waals surface area contributed by atoms with Gasteiger partial charge in [0.05, 0.1) is 36.5 Å². The average Bonchev–Trinajstić information content (AvgIpc) is 3.26. The van der Waals surface area contributed by atoms with Gasteiger partial charge >= 0.3 is 0 Å². The Bertz CT molecular complexity index is 939. The summed E-state index contributed by atoms with van der Waals surface area (Å²) < 4.78 is 11.1. The van der Waals surface area contributed by atoms with Gasteiger partial charge in [-0.25, -0.2) is 0 Å². The molecule has 0 spiro atoms. The summed E-state index contributed by atoms with van der Waals surface area (Å²) in [5.74, 6) is 1.35. The van der Waals surface area contributed by atoms with Crippen LogP contribution in [0.1, 0.15) is 24.0 Å². The number of ether oxygens (including phenoxy) is 2. The highest BCUT2D eigenvalue weighted by Crippen LogP contribution is 2.38. The molecule has 0 saturated carbocycles. The molecule has 0 aromatic heterocycles. The lowest BCUT2D eigenvalue weighted by molar-refractivity contribution is -0.384. The molecule has 3 rings (SSSR count). The van der Waals surface area contributed by atoms with E-state index in [1.807, 2.05) is 12.1 Å². The van der Waals surface area contributed by atoms with Gasteiger partial charge in [0.15, 0.2) is 0 Å². The Morgan fingerprint density at radius 1 is 1.14 bits per heavy atom. The van der Waals surface area contributed by atoms with Crippen molar-refractivity contribution in [3.63, 3.8) is 0 Å². The van der Waals surface area contributed by atoms with Crippen LogP contribution in [0.2, 0.25) is 0 Å². The van der Waals surface area contributed by atoms with E-state index in [4.69, 9.17) is 9.47 Å². The maximum atomic E-state index is 10.8. The normalized spacial score (nSPS) is 13.9. The molecule has 1 heterocycles. The van der Waals surface area contributed by atoms with Crippen LogP contribution in [0.5, 0.6) is 11.5 Å². The van der Waals surface area contributed by atoms with Gasteiger partial charge in [-0.1, -0.05) is 0 Å². The smallest absolute Gasteiger partial charge is 0.269 e. The molecule has 7 heteroatoms. The molecule has 7 nitrogen and oxygen atoms in total. The van der Waals surface area contributed by atoms with Crippen molar-refractivity contribution in [1.82, 2.24) is 0 Å². The third-order valence-electron chi connectivity index (χ3n) is 4.79. The Morgan fingerprint density at radius 3 is 2.32 bits per heavy atom. The summed E-state index contributed by atoms with van der Waals surface area (Å²) in [6.45, 7) is 1.95. The van der Waals surface area contributed by atoms with Gasteiger partial charge in [0, 0.05) is 36.9 Å². The summed E-state index contributed by atoms with van der Waals surface area (Å²) in [4.78, 5) is 12.6. The standard InChI is InChI=1S/C21H21N3O4/c1-27-20-13-19(23-9-3-4-10-23)21(28-2)12-16(20)11-17(14-22)15-5-7-18(8-6-15)24(25)26/h5-8,11-13H,3-4,9-10H2,1-2H3. The molecule has 0 aliphatic carbocycles. The summed E-state index contributed by atoms with van der Waals surface area (Å²) in [7, 11) is 3.21. The highest BCUT2D eigenvalue weighted by Gasteiger charge is 2.19. The van der Waals surface area contributed by atoms with Gasteiger partial charge in [-0.05, 0) is 42.7 Å². The lowest BCUT2D eigenvalue weighted by Crippen LogP contribution is -2.18. The van der Waals surface area contributed by atoms with E-state index < -0.39 is 4.92 Å². The Labute approximate surface area is 163 Å². The lowest BCUT2D eigenvalue weighted by atomic mass is 10.0. The Balaban J connectivity index is 2.02. The first-order valence-corrected chi connectivity index (χ1v) is 8.95. The van der Waals surface area contributed by atoms with Crippen molar-refractivity contribution < 1.29 is 14.4 Å². The van der Waals surface area contributed by atoms with Crippen LogP contribution in [0.3, 0.4) is 0 Å². The van der Waals surface area contributed by atoms with Gasteiger partial charge in [0.1, 0.15) is 11.5 Å². The predicted molar refractivity (Wildman–Crippen MR) is 108 cm³/mol. The molecule has 2 aromatic carbocycles. The largest absolute Gasteiger partial charge is 0.496 e. The first kappa shape index (κ1) is 19.2. The van der Waals surface area contributed by atoms with Crippen LogP contribution in [-0.2, 0) is 0 Å². The molecule has 0 amide bonds. The van der Waals surface area contributed by atoms with E-state index in [-0.39, 0.29) is 5.69 Å². The fraction of sp³-hybridized carbons (Fsp3) is 0.286. The third-order valence-corrected chi connectivity index (χ3v) is 4.79. The first-order chi connectivity index (χ1) is 13.6. The van der Waals surface area contributed by atoms with Crippen molar-refractivity contribution in [2.75, 3.05) is 32.2 Å². The number of nitro benzene ring substituents is 1. The SMILES string of the molecule is COc1cc(N2CCCC2)c(OC)cc1C=C(C#N)c1ccc([N+](=O)[O-])cc1. The zero-order valence-electron chi connectivity index (χ0n) is 15.8. The summed E-state index contributed by atoms with van der Waals surface area (Å²) in [6.07, 6.45) is 3.99. The van der Waals surface area contributed by atoms with Crippen molar-refractivity contribution in [1.29, 1.82) is 5.26 Å². The molecule has 1 saturated heterocycles. The van der Waals surface area contributed by atoms with Gasteiger partial charge in [-0.15, -0.1) is 0 Å². The summed E-state index contributed by atoms with van der Waals surface area (Å²) in [5, 5.41) is 20.4. The van der Waals surface area contributed by atoms with Crippen molar-refractivity contribution in [3.05, 3.63) is 57.6 Å². The Hall–Kier alpha value is -3.53. The van der Waals surface area contributed by atoms with Crippen molar-refractivity contribution >= 4 is 23.0 Å². The van der Waals surface area contributed by atoms with E-state index in [0.29, 0.717) is 22.4 Å². The van der Waals surface area contributed by atoms with E-state index >= 15 is 0 Å². The molecule has 0 unspecified atom stereocenters. The number of anilines is 1. The minimum Gasteiger partial charge on any atom is -0.496 e. The molecule has 0 bridgehead atoms. The molecule has 144 valence electrons. The lowest BCUT2D eigenvalue weighted by Gasteiger charge is -2.22. The molecular weight excluding hydrogens is 358 g/mol. The summed E-state index contributed by atoms with van der Waals surface area (Å²) in [5.41, 5.74) is 2.64. The maximum absolute atomic E-state index is 10.8. The maximum Gasteiger partial charge on any atom is 0.269 e. The second-order valence-electron chi connectivity index (χ2n) is 6.43. The van der Waals surface area contributed by atoms with Crippen LogP contribution in [0.25, 0.3) is 11.6 Å². The van der Waals surface area contributed by atoms with Gasteiger partial charge in [-0.2, -0.15) is 5.26 Å². The number of hydrogen-bond acceptors (Lipinski definition) is 6. The first-order valence-electron chi connectivity index (χ1n) is 8.95. The van der Waals surface area contributed by atoms with E-state index in [9.17, 15) is 15.4 Å². The predicted octanol–water partition coefficient (Wildman–Crippen LogP) is 4.28. The highest BCUT2D eigenvalue weighted by molar-refractivity contribution is 5.91. The fourth-order valence-corrected chi connectivity index (χ4v) is 3.32. The second-order valence-corrected chi connectivity index (χ2v) is 6.43. The van der Waals surface area contributed by atoms with Gasteiger partial charge in [0.2, 0.25) is 0 Å². The number of nitro groups is 1. The number of non-ortho nitro benzene ring substituents is 1. The number of nitrogens with zero attached hydrogens (tertiary/aromatic N) is 3. The number of allylic oxidation sites excluding steroid dienone is 1. The summed E-state index contributed by atoms with van der Waals surface area (Å²) in [6, 6.07) is 11.8. The molecule has 1 aliphatic heterocycles. The van der Waals surface area contributed by atoms with E-state index in [0.717, 1.165) is 37.4 Å². The second kappa shape index (κ2) is 8.44. The Morgan fingerprint density at radius 2 is 1.79 bits per heavy atom.